The van der Waals surface area contributed by atoms with Gasteiger partial charge in [0.15, 0.2) is 0 Å². The van der Waals surface area contributed by atoms with Crippen molar-refractivity contribution in [3.05, 3.63) is 83.4 Å². The number of hydrogen-bond donors (Lipinski definition) is 0. The number of hydrogen-bond acceptors (Lipinski definition) is 3. The van der Waals surface area contributed by atoms with Crippen LogP contribution in [0.25, 0.3) is 0 Å². The summed E-state index contributed by atoms with van der Waals surface area (Å²) < 4.78 is 27.8. The molecule has 2 heterocycles. The molecule has 0 aliphatic carbocycles. The zero-order valence-electron chi connectivity index (χ0n) is 16.3. The first kappa shape index (κ1) is 18.6. The standard InChI is InChI=1S/C23H25FN2O2/c1-27-18-10-11-22(28-2)19(15-18)23-21-9-5-12-25(21)13-6-14-26(23)16-17-7-3-4-8-20(17)24/h3-5,7-12,15,23H,6,13-14,16H2,1-2H3. The monoisotopic (exact) mass is 380 g/mol. The number of ether oxygens (including phenoxy) is 2. The van der Waals surface area contributed by atoms with Gasteiger partial charge in [-0.3, -0.25) is 4.90 Å². The second-order valence-corrected chi connectivity index (χ2v) is 7.05. The summed E-state index contributed by atoms with van der Waals surface area (Å²) in [5.41, 5.74) is 2.91. The fourth-order valence-electron chi connectivity index (χ4n) is 4.06. The van der Waals surface area contributed by atoms with E-state index in [1.165, 1.54) is 11.8 Å². The fraction of sp³-hybridized carbons (Fsp3) is 0.304. The van der Waals surface area contributed by atoms with Gasteiger partial charge in [0.25, 0.3) is 0 Å². The second kappa shape index (κ2) is 8.07. The highest BCUT2D eigenvalue weighted by atomic mass is 19.1. The molecule has 4 rings (SSSR count). The highest BCUT2D eigenvalue weighted by molar-refractivity contribution is 5.45. The van der Waals surface area contributed by atoms with E-state index in [0.717, 1.165) is 36.6 Å². The Bertz CT molecular complexity index is 953. The number of benzene rings is 2. The summed E-state index contributed by atoms with van der Waals surface area (Å²) in [5, 5.41) is 0. The van der Waals surface area contributed by atoms with Crippen molar-refractivity contribution < 1.29 is 13.9 Å². The summed E-state index contributed by atoms with van der Waals surface area (Å²) in [6.07, 6.45) is 3.11. The van der Waals surface area contributed by atoms with Gasteiger partial charge in [0.2, 0.25) is 0 Å². The number of rotatable bonds is 5. The van der Waals surface area contributed by atoms with Crippen LogP contribution in [-0.4, -0.2) is 30.2 Å². The van der Waals surface area contributed by atoms with Gasteiger partial charge in [-0.25, -0.2) is 4.39 Å². The lowest BCUT2D eigenvalue weighted by Crippen LogP contribution is -2.30. The summed E-state index contributed by atoms with van der Waals surface area (Å²) in [5.74, 6) is 1.42. The van der Waals surface area contributed by atoms with Gasteiger partial charge in [-0.2, -0.15) is 0 Å². The molecule has 1 unspecified atom stereocenters. The van der Waals surface area contributed by atoms with Gasteiger partial charge in [-0.05, 0) is 42.8 Å². The van der Waals surface area contributed by atoms with Crippen LogP contribution in [0.3, 0.4) is 0 Å². The van der Waals surface area contributed by atoms with Crippen molar-refractivity contribution in [2.75, 3.05) is 20.8 Å². The summed E-state index contributed by atoms with van der Waals surface area (Å²) >= 11 is 0. The van der Waals surface area contributed by atoms with E-state index in [9.17, 15) is 4.39 Å². The number of methoxy groups -OCH3 is 2. The summed E-state index contributed by atoms with van der Waals surface area (Å²) in [7, 11) is 3.35. The number of halogens is 1. The highest BCUT2D eigenvalue weighted by Gasteiger charge is 2.30. The van der Waals surface area contributed by atoms with E-state index < -0.39 is 0 Å². The highest BCUT2D eigenvalue weighted by Crippen LogP contribution is 2.39. The van der Waals surface area contributed by atoms with Crippen molar-refractivity contribution in [1.82, 2.24) is 9.47 Å². The Kier molecular flexibility index (Phi) is 5.35. The minimum absolute atomic E-state index is 0.0536. The average Bonchev–Trinajstić information content (AvgIpc) is 3.10. The Balaban J connectivity index is 1.82. The average molecular weight is 380 g/mol. The van der Waals surface area contributed by atoms with Gasteiger partial charge in [0, 0.05) is 42.7 Å². The molecule has 0 saturated heterocycles. The summed E-state index contributed by atoms with van der Waals surface area (Å²) in [4.78, 5) is 2.33. The van der Waals surface area contributed by atoms with Crippen LogP contribution in [0.5, 0.6) is 11.5 Å². The van der Waals surface area contributed by atoms with Gasteiger partial charge in [-0.15, -0.1) is 0 Å². The Morgan fingerprint density at radius 2 is 1.86 bits per heavy atom. The van der Waals surface area contributed by atoms with Crippen molar-refractivity contribution in [2.24, 2.45) is 0 Å². The molecule has 5 heteroatoms. The van der Waals surface area contributed by atoms with Crippen LogP contribution < -0.4 is 9.47 Å². The Labute approximate surface area is 165 Å². The number of fused-ring (bicyclic) bond motifs is 1. The predicted octanol–water partition coefficient (Wildman–Crippen LogP) is 4.64. The number of aryl methyl sites for hydroxylation is 1. The minimum atomic E-state index is -0.168. The van der Waals surface area contributed by atoms with Gasteiger partial charge in [0.1, 0.15) is 17.3 Å². The van der Waals surface area contributed by atoms with Crippen molar-refractivity contribution in [3.8, 4) is 11.5 Å². The van der Waals surface area contributed by atoms with E-state index >= 15 is 0 Å². The molecule has 0 radical (unpaired) electrons. The minimum Gasteiger partial charge on any atom is -0.497 e. The van der Waals surface area contributed by atoms with Crippen LogP contribution in [-0.2, 0) is 13.1 Å². The molecule has 0 amide bonds. The quantitative estimate of drug-likeness (QED) is 0.645. The lowest BCUT2D eigenvalue weighted by molar-refractivity contribution is 0.213. The molecule has 0 N–H and O–H groups in total. The summed E-state index contributed by atoms with van der Waals surface area (Å²) in [6, 6.07) is 17.0. The zero-order valence-corrected chi connectivity index (χ0v) is 16.3. The van der Waals surface area contributed by atoms with Crippen LogP contribution in [0.15, 0.2) is 60.8 Å². The molecule has 2 aromatic carbocycles. The SMILES string of the molecule is COc1ccc(OC)c(C2c3cccn3CCCN2Cc2ccccc2F)c1. The van der Waals surface area contributed by atoms with Crippen LogP contribution in [0.2, 0.25) is 0 Å². The Morgan fingerprint density at radius 3 is 2.64 bits per heavy atom. The molecule has 0 saturated carbocycles. The van der Waals surface area contributed by atoms with Crippen LogP contribution >= 0.6 is 0 Å². The molecule has 4 nitrogen and oxygen atoms in total. The third-order valence-corrected chi connectivity index (χ3v) is 5.42. The molecule has 1 aromatic heterocycles. The third-order valence-electron chi connectivity index (χ3n) is 5.42. The molecule has 0 spiro atoms. The molecule has 28 heavy (non-hydrogen) atoms. The van der Waals surface area contributed by atoms with Crippen LogP contribution in [0.1, 0.15) is 29.3 Å². The van der Waals surface area contributed by atoms with E-state index in [0.29, 0.717) is 12.1 Å². The van der Waals surface area contributed by atoms with Crippen molar-refractivity contribution in [2.45, 2.75) is 25.6 Å². The largest absolute Gasteiger partial charge is 0.497 e. The molecular formula is C23H25FN2O2. The topological polar surface area (TPSA) is 26.6 Å². The molecular weight excluding hydrogens is 355 g/mol. The lowest BCUT2D eigenvalue weighted by atomic mass is 9.99. The van der Waals surface area contributed by atoms with E-state index in [4.69, 9.17) is 9.47 Å². The first-order valence-electron chi connectivity index (χ1n) is 9.55. The lowest BCUT2D eigenvalue weighted by Gasteiger charge is -2.32. The van der Waals surface area contributed by atoms with Gasteiger partial charge in [0.05, 0.1) is 20.3 Å². The molecule has 1 aliphatic heterocycles. The summed E-state index contributed by atoms with van der Waals surface area (Å²) in [6.45, 7) is 2.34. The molecule has 146 valence electrons. The van der Waals surface area contributed by atoms with Crippen molar-refractivity contribution in [1.29, 1.82) is 0 Å². The Morgan fingerprint density at radius 1 is 1.00 bits per heavy atom. The fourth-order valence-corrected chi connectivity index (χ4v) is 4.06. The molecule has 1 atom stereocenters. The van der Waals surface area contributed by atoms with Crippen LogP contribution in [0.4, 0.5) is 4.39 Å². The van der Waals surface area contributed by atoms with E-state index in [1.807, 2.05) is 30.3 Å². The van der Waals surface area contributed by atoms with Gasteiger partial charge < -0.3 is 14.0 Å². The van der Waals surface area contributed by atoms with Crippen LogP contribution in [0, 0.1) is 5.82 Å². The molecule has 0 bridgehead atoms. The molecule has 1 aliphatic rings. The first-order valence-corrected chi connectivity index (χ1v) is 9.55. The maximum Gasteiger partial charge on any atom is 0.127 e. The third kappa shape index (κ3) is 3.50. The first-order chi connectivity index (χ1) is 13.7. The number of aromatic nitrogens is 1. The van der Waals surface area contributed by atoms with Crippen molar-refractivity contribution in [3.63, 3.8) is 0 Å². The zero-order chi connectivity index (χ0) is 19.5. The van der Waals surface area contributed by atoms with E-state index in [-0.39, 0.29) is 11.9 Å². The van der Waals surface area contributed by atoms with Gasteiger partial charge in [-0.1, -0.05) is 18.2 Å². The normalized spacial score (nSPS) is 17.0. The van der Waals surface area contributed by atoms with E-state index in [1.54, 1.807) is 20.3 Å². The maximum absolute atomic E-state index is 14.4. The second-order valence-electron chi connectivity index (χ2n) is 7.05. The Hall–Kier alpha value is -2.79. The molecule has 3 aromatic rings. The predicted molar refractivity (Wildman–Crippen MR) is 107 cm³/mol. The number of nitrogens with zero attached hydrogens (tertiary/aromatic N) is 2. The maximum atomic E-state index is 14.4. The smallest absolute Gasteiger partial charge is 0.127 e. The van der Waals surface area contributed by atoms with Gasteiger partial charge >= 0.3 is 0 Å². The van der Waals surface area contributed by atoms with E-state index in [2.05, 4.69) is 27.8 Å². The van der Waals surface area contributed by atoms with Crippen molar-refractivity contribution >= 4 is 0 Å². The molecule has 0 fully saturated rings.